The van der Waals surface area contributed by atoms with Crippen LogP contribution in [0.3, 0.4) is 0 Å². The Kier molecular flexibility index (Phi) is 3.54. The van der Waals surface area contributed by atoms with E-state index in [4.69, 9.17) is 20.8 Å². The van der Waals surface area contributed by atoms with Crippen LogP contribution >= 0.6 is 11.6 Å². The number of benzene rings is 2. The summed E-state index contributed by atoms with van der Waals surface area (Å²) in [4.78, 5) is 12.3. The highest BCUT2D eigenvalue weighted by Crippen LogP contribution is 2.32. The van der Waals surface area contributed by atoms with E-state index in [1.54, 1.807) is 37.4 Å². The zero-order valence-electron chi connectivity index (χ0n) is 12.0. The number of methoxy groups -OCH3 is 1. The first-order valence-electron chi connectivity index (χ1n) is 6.61. The first kappa shape index (κ1) is 14.5. The van der Waals surface area contributed by atoms with Crippen LogP contribution in [0.1, 0.15) is 5.56 Å². The van der Waals surface area contributed by atoms with E-state index in [0.717, 1.165) is 5.56 Å². The van der Waals surface area contributed by atoms with Gasteiger partial charge in [-0.15, -0.1) is 0 Å². The van der Waals surface area contributed by atoms with Crippen LogP contribution in [0.2, 0.25) is 5.02 Å². The zero-order valence-corrected chi connectivity index (χ0v) is 12.8. The van der Waals surface area contributed by atoms with Crippen LogP contribution in [0, 0.1) is 6.92 Å². The molecular formula is C17H13ClO4. The molecule has 4 nitrogen and oxygen atoms in total. The van der Waals surface area contributed by atoms with Gasteiger partial charge in [0.1, 0.15) is 11.3 Å². The topological polar surface area (TPSA) is 59.7 Å². The third-order valence-corrected chi connectivity index (χ3v) is 3.91. The van der Waals surface area contributed by atoms with Gasteiger partial charge in [-0.1, -0.05) is 11.6 Å². The maximum atomic E-state index is 12.3. The maximum Gasteiger partial charge on any atom is 0.235 e. The molecular weight excluding hydrogens is 304 g/mol. The SMILES string of the molecule is COc1ccc(-c2oc3cc(C)c(Cl)cc3c(=O)c2O)cc1. The van der Waals surface area contributed by atoms with Gasteiger partial charge >= 0.3 is 0 Å². The van der Waals surface area contributed by atoms with Gasteiger partial charge in [0.25, 0.3) is 0 Å². The average Bonchev–Trinajstić information content (AvgIpc) is 2.53. The summed E-state index contributed by atoms with van der Waals surface area (Å²) in [5.41, 5.74) is 1.26. The summed E-state index contributed by atoms with van der Waals surface area (Å²) in [6, 6.07) is 10.1. The second-order valence-electron chi connectivity index (χ2n) is 4.93. The van der Waals surface area contributed by atoms with Crippen LogP contribution < -0.4 is 10.2 Å². The summed E-state index contributed by atoms with van der Waals surface area (Å²) < 4.78 is 10.8. The standard InChI is InChI=1S/C17H13ClO4/c1-9-7-14-12(8-13(9)18)15(19)16(20)17(22-14)10-3-5-11(21-2)6-4-10/h3-8,20H,1-2H3. The molecule has 3 aromatic rings. The number of ether oxygens (including phenoxy) is 1. The van der Waals surface area contributed by atoms with E-state index in [1.807, 2.05) is 6.92 Å². The van der Waals surface area contributed by atoms with Crippen molar-refractivity contribution < 1.29 is 14.3 Å². The number of hydrogen-bond acceptors (Lipinski definition) is 4. The van der Waals surface area contributed by atoms with Gasteiger partial charge in [-0.05, 0) is 48.9 Å². The monoisotopic (exact) mass is 316 g/mol. The van der Waals surface area contributed by atoms with E-state index in [-0.39, 0.29) is 11.1 Å². The lowest BCUT2D eigenvalue weighted by atomic mass is 10.1. The molecule has 2 aromatic carbocycles. The Labute approximate surface area is 131 Å². The van der Waals surface area contributed by atoms with Gasteiger partial charge in [0.15, 0.2) is 5.76 Å². The van der Waals surface area contributed by atoms with Crippen LogP contribution in [0.4, 0.5) is 0 Å². The molecule has 0 unspecified atom stereocenters. The number of fused-ring (bicyclic) bond motifs is 1. The van der Waals surface area contributed by atoms with E-state index in [1.165, 1.54) is 6.07 Å². The average molecular weight is 317 g/mol. The quantitative estimate of drug-likeness (QED) is 0.772. The smallest absolute Gasteiger partial charge is 0.235 e. The molecule has 0 bridgehead atoms. The van der Waals surface area contributed by atoms with E-state index in [2.05, 4.69) is 0 Å². The first-order chi connectivity index (χ1) is 10.5. The molecule has 1 heterocycles. The molecule has 0 spiro atoms. The molecule has 22 heavy (non-hydrogen) atoms. The molecule has 0 aliphatic heterocycles. The zero-order chi connectivity index (χ0) is 15.9. The molecule has 5 heteroatoms. The summed E-state index contributed by atoms with van der Waals surface area (Å²) >= 11 is 6.03. The largest absolute Gasteiger partial charge is 0.502 e. The molecule has 0 saturated carbocycles. The van der Waals surface area contributed by atoms with Gasteiger partial charge in [-0.2, -0.15) is 0 Å². The summed E-state index contributed by atoms with van der Waals surface area (Å²) in [5.74, 6) is 0.369. The lowest BCUT2D eigenvalue weighted by molar-refractivity contribution is 0.414. The number of aromatic hydroxyl groups is 1. The Balaban J connectivity index is 2.27. The van der Waals surface area contributed by atoms with Gasteiger partial charge in [0.05, 0.1) is 12.5 Å². The molecule has 0 aliphatic rings. The van der Waals surface area contributed by atoms with E-state index < -0.39 is 11.2 Å². The molecule has 0 fully saturated rings. The van der Waals surface area contributed by atoms with Gasteiger partial charge in [0, 0.05) is 10.6 Å². The van der Waals surface area contributed by atoms with Crippen molar-refractivity contribution in [1.82, 2.24) is 0 Å². The van der Waals surface area contributed by atoms with Crippen LogP contribution in [-0.4, -0.2) is 12.2 Å². The number of hydrogen-bond donors (Lipinski definition) is 1. The van der Waals surface area contributed by atoms with Crippen molar-refractivity contribution >= 4 is 22.6 Å². The molecule has 0 atom stereocenters. The summed E-state index contributed by atoms with van der Waals surface area (Å²) in [7, 11) is 1.56. The molecule has 1 N–H and O–H groups in total. The van der Waals surface area contributed by atoms with Gasteiger partial charge in [-0.25, -0.2) is 0 Å². The fourth-order valence-electron chi connectivity index (χ4n) is 2.24. The fraction of sp³-hybridized carbons (Fsp3) is 0.118. The van der Waals surface area contributed by atoms with Crippen molar-refractivity contribution in [3.63, 3.8) is 0 Å². The highest BCUT2D eigenvalue weighted by Gasteiger charge is 2.16. The number of halogens is 1. The molecule has 0 radical (unpaired) electrons. The summed E-state index contributed by atoms with van der Waals surface area (Å²) in [6.07, 6.45) is 0. The third-order valence-electron chi connectivity index (χ3n) is 3.50. The molecule has 0 amide bonds. The van der Waals surface area contributed by atoms with Gasteiger partial charge in [-0.3, -0.25) is 4.79 Å². The minimum Gasteiger partial charge on any atom is -0.502 e. The molecule has 0 saturated heterocycles. The predicted molar refractivity (Wildman–Crippen MR) is 85.9 cm³/mol. The van der Waals surface area contributed by atoms with E-state index in [0.29, 0.717) is 21.9 Å². The van der Waals surface area contributed by atoms with Gasteiger partial charge in [0.2, 0.25) is 11.2 Å². The molecule has 3 rings (SSSR count). The highest BCUT2D eigenvalue weighted by molar-refractivity contribution is 6.32. The molecule has 112 valence electrons. The molecule has 1 aromatic heterocycles. The van der Waals surface area contributed by atoms with Crippen molar-refractivity contribution in [3.8, 4) is 22.8 Å². The Morgan fingerprint density at radius 2 is 1.86 bits per heavy atom. The van der Waals surface area contributed by atoms with Crippen molar-refractivity contribution in [2.45, 2.75) is 6.92 Å². The van der Waals surface area contributed by atoms with Crippen LogP contribution in [0.15, 0.2) is 45.6 Å². The van der Waals surface area contributed by atoms with Crippen molar-refractivity contribution in [3.05, 3.63) is 57.2 Å². The van der Waals surface area contributed by atoms with Crippen LogP contribution in [0.5, 0.6) is 11.5 Å². The van der Waals surface area contributed by atoms with E-state index >= 15 is 0 Å². The number of rotatable bonds is 2. The Hall–Kier alpha value is -2.46. The first-order valence-corrected chi connectivity index (χ1v) is 6.99. The van der Waals surface area contributed by atoms with Crippen LogP contribution in [0.25, 0.3) is 22.3 Å². The van der Waals surface area contributed by atoms with Crippen molar-refractivity contribution in [2.75, 3.05) is 7.11 Å². The minimum atomic E-state index is -0.506. The molecule has 0 aliphatic carbocycles. The number of aryl methyl sites for hydroxylation is 1. The lowest BCUT2D eigenvalue weighted by Crippen LogP contribution is -2.03. The lowest BCUT2D eigenvalue weighted by Gasteiger charge is -2.08. The second-order valence-corrected chi connectivity index (χ2v) is 5.34. The Morgan fingerprint density at radius 3 is 2.50 bits per heavy atom. The predicted octanol–water partition coefficient (Wildman–Crippen LogP) is 4.14. The highest BCUT2D eigenvalue weighted by atomic mass is 35.5. The van der Waals surface area contributed by atoms with Crippen molar-refractivity contribution in [1.29, 1.82) is 0 Å². The van der Waals surface area contributed by atoms with E-state index in [9.17, 15) is 9.90 Å². The maximum absolute atomic E-state index is 12.3. The Bertz CT molecular complexity index is 911. The van der Waals surface area contributed by atoms with Crippen molar-refractivity contribution in [2.24, 2.45) is 0 Å². The Morgan fingerprint density at radius 1 is 1.18 bits per heavy atom. The normalized spacial score (nSPS) is 10.9. The van der Waals surface area contributed by atoms with Crippen LogP contribution in [-0.2, 0) is 0 Å². The summed E-state index contributed by atoms with van der Waals surface area (Å²) in [5, 5.41) is 10.9. The summed E-state index contributed by atoms with van der Waals surface area (Å²) in [6.45, 7) is 1.82. The minimum absolute atomic E-state index is 0.127. The van der Waals surface area contributed by atoms with Gasteiger partial charge < -0.3 is 14.3 Å². The third kappa shape index (κ3) is 2.31. The second kappa shape index (κ2) is 5.39. The fourth-order valence-corrected chi connectivity index (χ4v) is 2.41.